The van der Waals surface area contributed by atoms with Crippen LogP contribution >= 0.6 is 0 Å². The van der Waals surface area contributed by atoms with E-state index in [-0.39, 0.29) is 18.9 Å². The second-order valence-electron chi connectivity index (χ2n) is 3.14. The predicted octanol–water partition coefficient (Wildman–Crippen LogP) is 0.436. The maximum Gasteiger partial charge on any atom is 0.407 e. The molecule has 2 N–H and O–H groups in total. The Morgan fingerprint density at radius 1 is 1.12 bits per heavy atom. The first-order valence-electron chi connectivity index (χ1n) is 5.36. The van der Waals surface area contributed by atoms with Crippen LogP contribution in [0.5, 0.6) is 0 Å². The predicted molar refractivity (Wildman–Crippen MR) is 59.7 cm³/mol. The van der Waals surface area contributed by atoms with Gasteiger partial charge in [-0.15, -0.1) is 0 Å². The molecule has 0 saturated carbocycles. The summed E-state index contributed by atoms with van der Waals surface area (Å²) in [6.45, 7) is 5.18. The van der Waals surface area contributed by atoms with E-state index in [1.807, 2.05) is 0 Å². The van der Waals surface area contributed by atoms with Crippen molar-refractivity contribution in [3.05, 3.63) is 0 Å². The highest BCUT2D eigenvalue weighted by Gasteiger charge is 2.19. The monoisotopic (exact) mass is 246 g/mol. The summed E-state index contributed by atoms with van der Waals surface area (Å²) in [5.74, 6) is -0.354. The van der Waals surface area contributed by atoms with E-state index in [1.54, 1.807) is 13.8 Å². The van der Waals surface area contributed by atoms with Crippen LogP contribution in [0.1, 0.15) is 20.8 Å². The number of alkyl carbamates (subject to hydrolysis) is 2. The van der Waals surface area contributed by atoms with Crippen LogP contribution in [-0.2, 0) is 14.3 Å². The van der Waals surface area contributed by atoms with Crippen LogP contribution in [0.2, 0.25) is 0 Å². The summed E-state index contributed by atoms with van der Waals surface area (Å²) in [6.07, 6.45) is -2.36. The van der Waals surface area contributed by atoms with E-state index in [1.165, 1.54) is 6.92 Å². The summed E-state index contributed by atoms with van der Waals surface area (Å²) in [6, 6.07) is 0. The molecule has 0 bridgehead atoms. The van der Waals surface area contributed by atoms with E-state index in [2.05, 4.69) is 15.4 Å². The molecule has 0 saturated heterocycles. The zero-order valence-electron chi connectivity index (χ0n) is 10.2. The minimum Gasteiger partial charge on any atom is -0.450 e. The topological polar surface area (TPSA) is 93.7 Å². The second-order valence-corrected chi connectivity index (χ2v) is 3.14. The van der Waals surface area contributed by atoms with Crippen LogP contribution in [-0.4, -0.2) is 43.8 Å². The van der Waals surface area contributed by atoms with Crippen LogP contribution in [0.25, 0.3) is 0 Å². The van der Waals surface area contributed by atoms with E-state index in [0.29, 0.717) is 6.54 Å². The molecule has 0 spiro atoms. The highest BCUT2D eigenvalue weighted by atomic mass is 16.6. The minimum absolute atomic E-state index is 0.106. The van der Waals surface area contributed by atoms with Gasteiger partial charge in [0.1, 0.15) is 0 Å². The first-order chi connectivity index (χ1) is 8.01. The van der Waals surface area contributed by atoms with Crippen LogP contribution in [0, 0.1) is 0 Å². The molecule has 0 aromatic carbocycles. The smallest absolute Gasteiger partial charge is 0.407 e. The number of rotatable bonds is 6. The quantitative estimate of drug-likeness (QED) is 0.709. The molecule has 1 atom stereocenters. The van der Waals surface area contributed by atoms with E-state index in [0.717, 1.165) is 0 Å². The van der Waals surface area contributed by atoms with Crippen molar-refractivity contribution in [1.29, 1.82) is 0 Å². The molecule has 0 aromatic heterocycles. The van der Waals surface area contributed by atoms with Gasteiger partial charge in [-0.05, 0) is 20.8 Å². The van der Waals surface area contributed by atoms with Gasteiger partial charge in [0, 0.05) is 6.54 Å². The third-order valence-corrected chi connectivity index (χ3v) is 1.73. The molecule has 98 valence electrons. The average Bonchev–Trinajstić information content (AvgIpc) is 2.24. The van der Waals surface area contributed by atoms with Crippen LogP contribution in [0.3, 0.4) is 0 Å². The standard InChI is InChI=1S/C10H18N2O5/c1-4-11-10(15)17-8(7(3)13)6-12-9(14)16-5-2/h8H,4-6H2,1-3H3,(H,11,15)(H,12,14). The third-order valence-electron chi connectivity index (χ3n) is 1.73. The third kappa shape index (κ3) is 7.15. The number of ketones is 1. The summed E-state index contributed by atoms with van der Waals surface area (Å²) in [7, 11) is 0. The highest BCUT2D eigenvalue weighted by Crippen LogP contribution is 1.94. The lowest BCUT2D eigenvalue weighted by molar-refractivity contribution is -0.124. The van der Waals surface area contributed by atoms with E-state index < -0.39 is 18.3 Å². The number of hydrogen-bond donors (Lipinski definition) is 2. The van der Waals surface area contributed by atoms with Crippen molar-refractivity contribution >= 4 is 18.0 Å². The number of amides is 2. The Balaban J connectivity index is 4.11. The first kappa shape index (κ1) is 15.2. The maximum absolute atomic E-state index is 11.2. The minimum atomic E-state index is -1.01. The van der Waals surface area contributed by atoms with Gasteiger partial charge in [0.25, 0.3) is 0 Å². The lowest BCUT2D eigenvalue weighted by Crippen LogP contribution is -2.41. The summed E-state index contributed by atoms with van der Waals surface area (Å²) in [4.78, 5) is 33.2. The van der Waals surface area contributed by atoms with E-state index in [9.17, 15) is 14.4 Å². The molecule has 7 heteroatoms. The average molecular weight is 246 g/mol. The SMILES string of the molecule is CCNC(=O)OC(CNC(=O)OCC)C(C)=O. The number of carbonyl (C=O) groups is 3. The van der Waals surface area contributed by atoms with Crippen molar-refractivity contribution in [3.63, 3.8) is 0 Å². The van der Waals surface area contributed by atoms with Gasteiger partial charge in [-0.25, -0.2) is 9.59 Å². The molecule has 0 radical (unpaired) electrons. The fourth-order valence-electron chi connectivity index (χ4n) is 0.942. The van der Waals surface area contributed by atoms with Crippen molar-refractivity contribution in [2.24, 2.45) is 0 Å². The van der Waals surface area contributed by atoms with Gasteiger partial charge >= 0.3 is 12.2 Å². The largest absolute Gasteiger partial charge is 0.450 e. The Morgan fingerprint density at radius 3 is 2.24 bits per heavy atom. The summed E-state index contributed by atoms with van der Waals surface area (Å²) in [5, 5.41) is 4.71. The number of Topliss-reactive ketones (excluding diaryl/α,β-unsaturated/α-hetero) is 1. The lowest BCUT2D eigenvalue weighted by Gasteiger charge is -2.15. The number of ether oxygens (including phenoxy) is 2. The summed E-state index contributed by atoms with van der Waals surface area (Å²) >= 11 is 0. The van der Waals surface area contributed by atoms with Gasteiger partial charge in [-0.1, -0.05) is 0 Å². The normalized spacial score (nSPS) is 11.2. The van der Waals surface area contributed by atoms with Crippen LogP contribution in [0.4, 0.5) is 9.59 Å². The van der Waals surface area contributed by atoms with Gasteiger partial charge in [-0.2, -0.15) is 0 Å². The van der Waals surface area contributed by atoms with E-state index >= 15 is 0 Å². The molecular weight excluding hydrogens is 228 g/mol. The summed E-state index contributed by atoms with van der Waals surface area (Å²) < 4.78 is 9.42. The Bertz CT molecular complexity index is 280. The molecule has 0 aliphatic heterocycles. The van der Waals surface area contributed by atoms with Gasteiger partial charge < -0.3 is 20.1 Å². The van der Waals surface area contributed by atoms with Crippen molar-refractivity contribution in [1.82, 2.24) is 10.6 Å². The zero-order valence-corrected chi connectivity index (χ0v) is 10.2. The molecule has 0 rings (SSSR count). The molecule has 2 amide bonds. The first-order valence-corrected chi connectivity index (χ1v) is 5.36. The van der Waals surface area contributed by atoms with Crippen molar-refractivity contribution in [2.45, 2.75) is 26.9 Å². The fraction of sp³-hybridized carbons (Fsp3) is 0.700. The summed E-state index contributed by atoms with van der Waals surface area (Å²) in [5.41, 5.74) is 0. The Kier molecular flexibility index (Phi) is 7.49. The zero-order chi connectivity index (χ0) is 13.3. The Morgan fingerprint density at radius 2 is 1.76 bits per heavy atom. The number of hydrogen-bond acceptors (Lipinski definition) is 5. The second kappa shape index (κ2) is 8.37. The molecule has 0 aromatic rings. The maximum atomic E-state index is 11.2. The molecular formula is C10H18N2O5. The number of carbonyl (C=O) groups excluding carboxylic acids is 3. The van der Waals surface area contributed by atoms with Gasteiger partial charge in [0.15, 0.2) is 11.9 Å². The van der Waals surface area contributed by atoms with Gasteiger partial charge in [0.2, 0.25) is 0 Å². The molecule has 0 aliphatic carbocycles. The highest BCUT2D eigenvalue weighted by molar-refractivity contribution is 5.84. The lowest BCUT2D eigenvalue weighted by atomic mass is 10.2. The van der Waals surface area contributed by atoms with Crippen molar-refractivity contribution < 1.29 is 23.9 Å². The van der Waals surface area contributed by atoms with Gasteiger partial charge in [-0.3, -0.25) is 4.79 Å². The van der Waals surface area contributed by atoms with Crippen molar-refractivity contribution in [3.8, 4) is 0 Å². The fourth-order valence-corrected chi connectivity index (χ4v) is 0.942. The molecule has 1 unspecified atom stereocenters. The molecule has 0 fully saturated rings. The van der Waals surface area contributed by atoms with Crippen molar-refractivity contribution in [2.75, 3.05) is 19.7 Å². The molecule has 0 heterocycles. The van der Waals surface area contributed by atoms with Crippen LogP contribution < -0.4 is 10.6 Å². The van der Waals surface area contributed by atoms with E-state index in [4.69, 9.17) is 4.74 Å². The molecule has 0 aliphatic rings. The van der Waals surface area contributed by atoms with Gasteiger partial charge in [0.05, 0.1) is 13.2 Å². The molecule has 7 nitrogen and oxygen atoms in total. The van der Waals surface area contributed by atoms with Crippen LogP contribution in [0.15, 0.2) is 0 Å². The molecule has 17 heavy (non-hydrogen) atoms. The number of nitrogens with one attached hydrogen (secondary N) is 2. The Labute approximate surface area is 99.8 Å². The Hall–Kier alpha value is -1.79.